The minimum absolute atomic E-state index is 0.0234. The first kappa shape index (κ1) is 11.6. The van der Waals surface area contributed by atoms with Gasteiger partial charge in [-0.1, -0.05) is 18.0 Å². The third-order valence-corrected chi connectivity index (χ3v) is 2.22. The Kier molecular flexibility index (Phi) is 4.05. The molecule has 14 heavy (non-hydrogen) atoms. The number of hydrogen-bond acceptors (Lipinski definition) is 3. The molecule has 0 aromatic heterocycles. The zero-order valence-electron chi connectivity index (χ0n) is 8.72. The maximum absolute atomic E-state index is 11.2. The lowest BCUT2D eigenvalue weighted by Gasteiger charge is -2.23. The second-order valence-electron chi connectivity index (χ2n) is 4.09. The van der Waals surface area contributed by atoms with Crippen molar-refractivity contribution >= 4 is 17.8 Å². The SMILES string of the molecule is CC(C)(Cl)OC(=O)OC1CCCCC1. The lowest BCUT2D eigenvalue weighted by molar-refractivity contribution is -0.0137. The van der Waals surface area contributed by atoms with Gasteiger partial charge in [0.05, 0.1) is 0 Å². The minimum Gasteiger partial charge on any atom is -0.431 e. The summed E-state index contributed by atoms with van der Waals surface area (Å²) in [5.41, 5.74) is 0. The molecule has 0 atom stereocenters. The average molecular weight is 221 g/mol. The van der Waals surface area contributed by atoms with Crippen LogP contribution in [0.25, 0.3) is 0 Å². The van der Waals surface area contributed by atoms with E-state index in [1.54, 1.807) is 13.8 Å². The molecular weight excluding hydrogens is 204 g/mol. The van der Waals surface area contributed by atoms with E-state index in [4.69, 9.17) is 21.1 Å². The molecule has 1 saturated carbocycles. The topological polar surface area (TPSA) is 35.5 Å². The van der Waals surface area contributed by atoms with Crippen molar-refractivity contribution in [3.63, 3.8) is 0 Å². The van der Waals surface area contributed by atoms with Crippen LogP contribution in [0, 0.1) is 0 Å². The average Bonchev–Trinajstić information content (AvgIpc) is 2.02. The van der Waals surface area contributed by atoms with Gasteiger partial charge in [-0.15, -0.1) is 0 Å². The summed E-state index contributed by atoms with van der Waals surface area (Å²) in [5, 5.41) is -0.980. The van der Waals surface area contributed by atoms with Crippen LogP contribution < -0.4 is 0 Å². The first-order valence-electron chi connectivity index (χ1n) is 5.06. The molecule has 1 aliphatic carbocycles. The summed E-state index contributed by atoms with van der Waals surface area (Å²) in [7, 11) is 0. The van der Waals surface area contributed by atoms with E-state index >= 15 is 0 Å². The van der Waals surface area contributed by atoms with Crippen LogP contribution >= 0.6 is 11.6 Å². The van der Waals surface area contributed by atoms with Crippen molar-refractivity contribution in [1.82, 2.24) is 0 Å². The summed E-state index contributed by atoms with van der Waals surface area (Å²) in [5.74, 6) is 0. The Morgan fingerprint density at radius 3 is 2.36 bits per heavy atom. The Bertz CT molecular complexity index is 192. The molecule has 0 amide bonds. The number of hydrogen-bond donors (Lipinski definition) is 0. The van der Waals surface area contributed by atoms with Gasteiger partial charge in [-0.2, -0.15) is 0 Å². The standard InChI is InChI=1S/C10H17ClO3/c1-10(2,11)14-9(12)13-8-6-4-3-5-7-8/h8H,3-7H2,1-2H3. The molecule has 0 radical (unpaired) electrons. The van der Waals surface area contributed by atoms with Crippen LogP contribution in [-0.2, 0) is 9.47 Å². The summed E-state index contributed by atoms with van der Waals surface area (Å²) < 4.78 is 9.97. The number of rotatable bonds is 2. The predicted octanol–water partition coefficient (Wildman–Crippen LogP) is 3.45. The van der Waals surface area contributed by atoms with Crippen molar-refractivity contribution in [2.45, 2.75) is 57.1 Å². The summed E-state index contributed by atoms with van der Waals surface area (Å²) in [6, 6.07) is 0. The highest BCUT2D eigenvalue weighted by molar-refractivity contribution is 6.22. The van der Waals surface area contributed by atoms with Gasteiger partial charge in [0.2, 0.25) is 0 Å². The van der Waals surface area contributed by atoms with Crippen LogP contribution in [0.15, 0.2) is 0 Å². The maximum atomic E-state index is 11.2. The molecule has 0 saturated heterocycles. The van der Waals surface area contributed by atoms with E-state index in [9.17, 15) is 4.79 Å². The molecule has 0 bridgehead atoms. The van der Waals surface area contributed by atoms with E-state index in [0.29, 0.717) is 0 Å². The number of halogens is 1. The van der Waals surface area contributed by atoms with E-state index in [2.05, 4.69) is 0 Å². The highest BCUT2D eigenvalue weighted by atomic mass is 35.5. The molecular formula is C10H17ClO3. The monoisotopic (exact) mass is 220 g/mol. The first-order chi connectivity index (χ1) is 6.47. The van der Waals surface area contributed by atoms with Crippen molar-refractivity contribution in [3.8, 4) is 0 Å². The molecule has 0 aromatic carbocycles. The van der Waals surface area contributed by atoms with E-state index in [1.807, 2.05) is 0 Å². The third kappa shape index (κ3) is 4.70. The molecule has 0 spiro atoms. The van der Waals surface area contributed by atoms with Crippen LogP contribution in [-0.4, -0.2) is 17.3 Å². The Labute approximate surface area is 89.7 Å². The van der Waals surface area contributed by atoms with Gasteiger partial charge in [0, 0.05) is 0 Å². The van der Waals surface area contributed by atoms with Crippen LogP contribution in [0.3, 0.4) is 0 Å². The van der Waals surface area contributed by atoms with Gasteiger partial charge in [-0.05, 0) is 39.5 Å². The molecule has 0 aromatic rings. The fraction of sp³-hybridized carbons (Fsp3) is 0.900. The smallest absolute Gasteiger partial charge is 0.431 e. The molecule has 1 fully saturated rings. The molecule has 0 heterocycles. The van der Waals surface area contributed by atoms with Gasteiger partial charge >= 0.3 is 6.16 Å². The van der Waals surface area contributed by atoms with Crippen LogP contribution in [0.5, 0.6) is 0 Å². The quantitative estimate of drug-likeness (QED) is 0.528. The summed E-state index contributed by atoms with van der Waals surface area (Å²) >= 11 is 5.72. The number of alkyl halides is 1. The fourth-order valence-corrected chi connectivity index (χ4v) is 1.60. The molecule has 82 valence electrons. The second-order valence-corrected chi connectivity index (χ2v) is 5.00. The molecule has 1 rings (SSSR count). The normalized spacial score (nSPS) is 19.1. The Morgan fingerprint density at radius 1 is 1.29 bits per heavy atom. The van der Waals surface area contributed by atoms with Gasteiger partial charge < -0.3 is 9.47 Å². The lowest BCUT2D eigenvalue weighted by Crippen LogP contribution is -2.27. The van der Waals surface area contributed by atoms with Crippen LogP contribution in [0.1, 0.15) is 46.0 Å². The van der Waals surface area contributed by atoms with Crippen LogP contribution in [0.2, 0.25) is 0 Å². The van der Waals surface area contributed by atoms with E-state index in [1.165, 1.54) is 6.42 Å². The van der Waals surface area contributed by atoms with Crippen molar-refractivity contribution in [1.29, 1.82) is 0 Å². The molecule has 0 N–H and O–H groups in total. The molecule has 0 aliphatic heterocycles. The van der Waals surface area contributed by atoms with Gasteiger partial charge in [0.15, 0.2) is 5.06 Å². The van der Waals surface area contributed by atoms with E-state index < -0.39 is 11.2 Å². The molecule has 4 heteroatoms. The molecule has 1 aliphatic rings. The van der Waals surface area contributed by atoms with Gasteiger partial charge in [-0.3, -0.25) is 0 Å². The van der Waals surface area contributed by atoms with Gasteiger partial charge in [0.1, 0.15) is 6.10 Å². The zero-order chi connectivity index (χ0) is 10.6. The highest BCUT2D eigenvalue weighted by Gasteiger charge is 2.24. The Morgan fingerprint density at radius 2 is 1.86 bits per heavy atom. The second kappa shape index (κ2) is 4.87. The van der Waals surface area contributed by atoms with Crippen molar-refractivity contribution in [2.75, 3.05) is 0 Å². The third-order valence-electron chi connectivity index (χ3n) is 2.14. The summed E-state index contributed by atoms with van der Waals surface area (Å²) in [4.78, 5) is 11.2. The van der Waals surface area contributed by atoms with Crippen molar-refractivity contribution < 1.29 is 14.3 Å². The van der Waals surface area contributed by atoms with Crippen LogP contribution in [0.4, 0.5) is 4.79 Å². The summed E-state index contributed by atoms with van der Waals surface area (Å²) in [6.45, 7) is 3.22. The minimum atomic E-state index is -0.980. The predicted molar refractivity (Wildman–Crippen MR) is 54.4 cm³/mol. The Hall–Kier alpha value is -0.440. The number of ether oxygens (including phenoxy) is 2. The van der Waals surface area contributed by atoms with E-state index in [-0.39, 0.29) is 6.10 Å². The highest BCUT2D eigenvalue weighted by Crippen LogP contribution is 2.22. The number of carbonyl (C=O) groups is 1. The Balaban J connectivity index is 2.25. The van der Waals surface area contributed by atoms with E-state index in [0.717, 1.165) is 25.7 Å². The molecule has 0 unspecified atom stereocenters. The fourth-order valence-electron chi connectivity index (χ4n) is 1.54. The zero-order valence-corrected chi connectivity index (χ0v) is 9.47. The first-order valence-corrected chi connectivity index (χ1v) is 5.44. The largest absolute Gasteiger partial charge is 0.510 e. The van der Waals surface area contributed by atoms with Gasteiger partial charge in [-0.25, -0.2) is 4.79 Å². The molecule has 3 nitrogen and oxygen atoms in total. The van der Waals surface area contributed by atoms with Gasteiger partial charge in [0.25, 0.3) is 0 Å². The van der Waals surface area contributed by atoms with Crippen molar-refractivity contribution in [3.05, 3.63) is 0 Å². The maximum Gasteiger partial charge on any atom is 0.510 e. The number of carbonyl (C=O) groups excluding carboxylic acids is 1. The summed E-state index contributed by atoms with van der Waals surface area (Å²) in [6.07, 6.45) is 4.74. The lowest BCUT2D eigenvalue weighted by atomic mass is 9.98. The van der Waals surface area contributed by atoms with Crippen molar-refractivity contribution in [2.24, 2.45) is 0 Å².